The van der Waals surface area contributed by atoms with Crippen LogP contribution < -0.4 is 10.3 Å². The number of sulfonamides is 1. The largest absolute Gasteiger partial charge is 0.478 e. The van der Waals surface area contributed by atoms with E-state index in [9.17, 15) is 23.1 Å². The van der Waals surface area contributed by atoms with E-state index in [0.717, 1.165) is 11.3 Å². The van der Waals surface area contributed by atoms with Crippen molar-refractivity contribution in [3.8, 4) is 5.69 Å². The van der Waals surface area contributed by atoms with Crippen LogP contribution in [0.1, 0.15) is 21.6 Å². The highest BCUT2D eigenvalue weighted by molar-refractivity contribution is 7.93. The molecule has 0 radical (unpaired) electrons. The average molecular weight is 405 g/mol. The number of aromatic carboxylic acids is 1. The van der Waals surface area contributed by atoms with Crippen molar-refractivity contribution in [1.29, 1.82) is 0 Å². The molecule has 10 heteroatoms. The summed E-state index contributed by atoms with van der Waals surface area (Å²) in [6.07, 6.45) is 1.48. The Labute approximate surface area is 158 Å². The van der Waals surface area contributed by atoms with Gasteiger partial charge in [-0.15, -0.1) is 11.3 Å². The maximum atomic E-state index is 12.4. The highest BCUT2D eigenvalue weighted by Gasteiger charge is 2.19. The third-order valence-corrected chi connectivity index (χ3v) is 6.10. The van der Waals surface area contributed by atoms with E-state index in [1.165, 1.54) is 48.0 Å². The van der Waals surface area contributed by atoms with Crippen molar-refractivity contribution in [2.45, 2.75) is 18.7 Å². The minimum atomic E-state index is -3.81. The van der Waals surface area contributed by atoms with Gasteiger partial charge in [-0.3, -0.25) is 14.1 Å². The van der Waals surface area contributed by atoms with Gasteiger partial charge in [0.1, 0.15) is 0 Å². The first-order chi connectivity index (χ1) is 12.7. The van der Waals surface area contributed by atoms with Gasteiger partial charge in [0, 0.05) is 29.0 Å². The number of benzene rings is 1. The molecule has 0 aliphatic heterocycles. The summed E-state index contributed by atoms with van der Waals surface area (Å²) in [6.45, 7) is 3.09. The summed E-state index contributed by atoms with van der Waals surface area (Å²) in [5, 5.41) is 11.3. The summed E-state index contributed by atoms with van der Waals surface area (Å²) in [6, 6.07) is 6.83. The molecule has 0 aliphatic carbocycles. The molecule has 0 amide bonds. The summed E-state index contributed by atoms with van der Waals surface area (Å²) in [4.78, 5) is 27.7. The van der Waals surface area contributed by atoms with Crippen molar-refractivity contribution < 1.29 is 18.3 Å². The van der Waals surface area contributed by atoms with Crippen LogP contribution in [0.5, 0.6) is 0 Å². The van der Waals surface area contributed by atoms with E-state index in [2.05, 4.69) is 9.71 Å². The Morgan fingerprint density at radius 2 is 1.89 bits per heavy atom. The monoisotopic (exact) mass is 405 g/mol. The van der Waals surface area contributed by atoms with Crippen LogP contribution >= 0.6 is 11.3 Å². The SMILES string of the molecule is Cc1cc(=O)n(-c2ccc(S(=O)(=O)Nc3nccs3)cc2)c(C)c1C(=O)O. The third kappa shape index (κ3) is 3.62. The molecule has 0 unspecified atom stereocenters. The van der Waals surface area contributed by atoms with Crippen LogP contribution in [0.15, 0.2) is 51.6 Å². The van der Waals surface area contributed by atoms with Gasteiger partial charge in [0.25, 0.3) is 15.6 Å². The van der Waals surface area contributed by atoms with Crippen LogP contribution in [0.2, 0.25) is 0 Å². The second-order valence-electron chi connectivity index (χ2n) is 5.70. The number of thiazole rings is 1. The predicted molar refractivity (Wildman–Crippen MR) is 101 cm³/mol. The van der Waals surface area contributed by atoms with Crippen LogP contribution in [0.3, 0.4) is 0 Å². The summed E-state index contributed by atoms with van der Waals surface area (Å²) in [7, 11) is -3.81. The molecule has 0 fully saturated rings. The van der Waals surface area contributed by atoms with Gasteiger partial charge in [0.2, 0.25) is 0 Å². The number of rotatable bonds is 5. The van der Waals surface area contributed by atoms with Crippen LogP contribution in [0, 0.1) is 13.8 Å². The number of hydrogen-bond acceptors (Lipinski definition) is 6. The number of nitrogens with one attached hydrogen (secondary N) is 1. The van der Waals surface area contributed by atoms with Gasteiger partial charge in [-0.2, -0.15) is 0 Å². The smallest absolute Gasteiger partial charge is 0.337 e. The number of carboxylic acids is 1. The predicted octanol–water partition coefficient (Wildman–Crippen LogP) is 2.41. The zero-order valence-corrected chi connectivity index (χ0v) is 16.0. The zero-order valence-electron chi connectivity index (χ0n) is 14.3. The molecule has 1 aromatic carbocycles. The zero-order chi connectivity index (χ0) is 19.8. The fourth-order valence-electron chi connectivity index (χ4n) is 2.75. The molecule has 3 aromatic rings. The van der Waals surface area contributed by atoms with Gasteiger partial charge >= 0.3 is 5.97 Å². The minimum absolute atomic E-state index is 0.00211. The second-order valence-corrected chi connectivity index (χ2v) is 8.28. The van der Waals surface area contributed by atoms with E-state index in [1.54, 1.807) is 12.3 Å². The Kier molecular flexibility index (Phi) is 4.85. The Balaban J connectivity index is 2.03. The second kappa shape index (κ2) is 6.97. The molecule has 0 bridgehead atoms. The fourth-order valence-corrected chi connectivity index (χ4v) is 4.54. The van der Waals surface area contributed by atoms with Crippen molar-refractivity contribution in [1.82, 2.24) is 9.55 Å². The molecule has 27 heavy (non-hydrogen) atoms. The van der Waals surface area contributed by atoms with Crippen molar-refractivity contribution in [2.24, 2.45) is 0 Å². The summed E-state index contributed by atoms with van der Waals surface area (Å²) in [5.41, 5.74) is 0.647. The van der Waals surface area contributed by atoms with Crippen molar-refractivity contribution in [3.05, 3.63) is 69.1 Å². The molecule has 2 N–H and O–H groups in total. The van der Waals surface area contributed by atoms with Crippen LogP contribution in [0.4, 0.5) is 5.13 Å². The Hall–Kier alpha value is -2.98. The lowest BCUT2D eigenvalue weighted by Gasteiger charge is -2.14. The van der Waals surface area contributed by atoms with Crippen LogP contribution in [-0.2, 0) is 10.0 Å². The third-order valence-electron chi connectivity index (χ3n) is 3.92. The van der Waals surface area contributed by atoms with Crippen molar-refractivity contribution in [3.63, 3.8) is 0 Å². The molecule has 2 heterocycles. The van der Waals surface area contributed by atoms with E-state index in [-0.39, 0.29) is 21.3 Å². The quantitative estimate of drug-likeness (QED) is 0.673. The van der Waals surface area contributed by atoms with E-state index in [0.29, 0.717) is 11.3 Å². The Morgan fingerprint density at radius 3 is 2.44 bits per heavy atom. The van der Waals surface area contributed by atoms with Gasteiger partial charge in [-0.1, -0.05) is 0 Å². The van der Waals surface area contributed by atoms with Crippen LogP contribution in [0.25, 0.3) is 5.69 Å². The molecule has 140 valence electrons. The highest BCUT2D eigenvalue weighted by Crippen LogP contribution is 2.20. The molecule has 0 atom stereocenters. The van der Waals surface area contributed by atoms with E-state index in [4.69, 9.17) is 0 Å². The normalized spacial score (nSPS) is 11.3. The highest BCUT2D eigenvalue weighted by atomic mass is 32.2. The number of anilines is 1. The van der Waals surface area contributed by atoms with E-state index in [1.807, 2.05) is 0 Å². The lowest BCUT2D eigenvalue weighted by molar-refractivity contribution is 0.0694. The van der Waals surface area contributed by atoms with Gasteiger partial charge < -0.3 is 5.11 Å². The molecule has 0 saturated carbocycles. The molecular formula is C17H15N3O5S2. The maximum absolute atomic E-state index is 12.4. The number of aryl methyl sites for hydroxylation is 1. The minimum Gasteiger partial charge on any atom is -0.478 e. The topological polar surface area (TPSA) is 118 Å². The number of pyridine rings is 1. The molecule has 0 spiro atoms. The molecule has 8 nitrogen and oxygen atoms in total. The van der Waals surface area contributed by atoms with E-state index >= 15 is 0 Å². The Bertz CT molecular complexity index is 1160. The Morgan fingerprint density at radius 1 is 1.22 bits per heavy atom. The molecule has 3 rings (SSSR count). The van der Waals surface area contributed by atoms with Gasteiger partial charge in [-0.25, -0.2) is 18.2 Å². The maximum Gasteiger partial charge on any atom is 0.337 e. The lowest BCUT2D eigenvalue weighted by atomic mass is 10.1. The first-order valence-corrected chi connectivity index (χ1v) is 10.1. The first kappa shape index (κ1) is 18.8. The van der Waals surface area contributed by atoms with Gasteiger partial charge in [-0.05, 0) is 43.7 Å². The molecule has 0 aliphatic rings. The number of hydrogen-bond donors (Lipinski definition) is 2. The summed E-state index contributed by atoms with van der Waals surface area (Å²) < 4.78 is 28.4. The van der Waals surface area contributed by atoms with E-state index < -0.39 is 21.6 Å². The number of nitrogens with zero attached hydrogens (tertiary/aromatic N) is 2. The number of carboxylic acid groups (broad SMARTS) is 1. The molecule has 0 saturated heterocycles. The summed E-state index contributed by atoms with van der Waals surface area (Å²) >= 11 is 1.15. The molecule has 2 aromatic heterocycles. The fraction of sp³-hybridized carbons (Fsp3) is 0.118. The van der Waals surface area contributed by atoms with Gasteiger partial charge in [0.05, 0.1) is 10.5 Å². The van der Waals surface area contributed by atoms with Crippen molar-refractivity contribution >= 4 is 32.5 Å². The average Bonchev–Trinajstić information content (AvgIpc) is 3.06. The first-order valence-electron chi connectivity index (χ1n) is 7.70. The van der Waals surface area contributed by atoms with Crippen molar-refractivity contribution in [2.75, 3.05) is 4.72 Å². The number of carbonyl (C=O) groups is 1. The molecular weight excluding hydrogens is 390 g/mol. The van der Waals surface area contributed by atoms with Crippen LogP contribution in [-0.4, -0.2) is 29.0 Å². The lowest BCUT2D eigenvalue weighted by Crippen LogP contribution is -2.24. The standard InChI is InChI=1S/C17H15N3O5S2/c1-10-9-14(21)20(11(2)15(10)16(22)23)12-3-5-13(6-4-12)27(24,25)19-17-18-7-8-26-17/h3-9H,1-2H3,(H,18,19)(H,22,23). The summed E-state index contributed by atoms with van der Waals surface area (Å²) in [5.74, 6) is -1.13. The van der Waals surface area contributed by atoms with Gasteiger partial charge in [0.15, 0.2) is 5.13 Å². The number of aromatic nitrogens is 2.